The number of nitro groups is 1. The lowest BCUT2D eigenvalue weighted by molar-refractivity contribution is -0.386. The molecule has 9 nitrogen and oxygen atoms in total. The molecule has 2 atom stereocenters. The molecule has 2 N–H and O–H groups in total. The summed E-state index contributed by atoms with van der Waals surface area (Å²) in [7, 11) is 0. The Bertz CT molecular complexity index is 1120. The number of amides is 2. The van der Waals surface area contributed by atoms with E-state index in [1.54, 1.807) is 19.1 Å². The van der Waals surface area contributed by atoms with Crippen molar-refractivity contribution in [3.63, 3.8) is 0 Å². The van der Waals surface area contributed by atoms with Crippen molar-refractivity contribution in [2.75, 3.05) is 0 Å². The van der Waals surface area contributed by atoms with Crippen LogP contribution in [0.5, 0.6) is 11.5 Å². The van der Waals surface area contributed by atoms with E-state index in [2.05, 4.69) is 10.9 Å². The normalized spacial score (nSPS) is 12.5. The first-order chi connectivity index (χ1) is 14.8. The predicted molar refractivity (Wildman–Crippen MR) is 114 cm³/mol. The highest BCUT2D eigenvalue weighted by Crippen LogP contribution is 2.26. The van der Waals surface area contributed by atoms with Crippen molar-refractivity contribution < 1.29 is 24.0 Å². The van der Waals surface area contributed by atoms with Gasteiger partial charge in [-0.1, -0.05) is 42.5 Å². The molecule has 0 bridgehead atoms. The van der Waals surface area contributed by atoms with E-state index >= 15 is 0 Å². The number of para-hydroxylation sites is 2. The number of fused-ring (bicyclic) bond motifs is 1. The van der Waals surface area contributed by atoms with Gasteiger partial charge in [-0.3, -0.25) is 30.6 Å². The number of nitrogens with zero attached hydrogens (tertiary/aromatic N) is 1. The van der Waals surface area contributed by atoms with E-state index in [-0.39, 0.29) is 11.4 Å². The molecule has 3 aromatic rings. The van der Waals surface area contributed by atoms with Gasteiger partial charge in [0.25, 0.3) is 11.8 Å². The summed E-state index contributed by atoms with van der Waals surface area (Å²) >= 11 is 0. The molecule has 0 radical (unpaired) electrons. The lowest BCUT2D eigenvalue weighted by atomic mass is 10.1. The smallest absolute Gasteiger partial charge is 0.310 e. The second kappa shape index (κ2) is 9.57. The number of benzene rings is 3. The molecular formula is C22H21N3O6. The largest absolute Gasteiger partial charge is 0.481 e. The monoisotopic (exact) mass is 423 g/mol. The van der Waals surface area contributed by atoms with Crippen molar-refractivity contribution in [2.45, 2.75) is 26.1 Å². The van der Waals surface area contributed by atoms with Gasteiger partial charge in [0.1, 0.15) is 5.75 Å². The molecule has 0 saturated carbocycles. The molecule has 31 heavy (non-hydrogen) atoms. The topological polar surface area (TPSA) is 120 Å². The summed E-state index contributed by atoms with van der Waals surface area (Å²) in [5.74, 6) is -0.779. The fourth-order valence-electron chi connectivity index (χ4n) is 2.78. The van der Waals surface area contributed by atoms with Gasteiger partial charge in [0.05, 0.1) is 4.92 Å². The zero-order chi connectivity index (χ0) is 22.4. The first kappa shape index (κ1) is 21.6. The lowest BCUT2D eigenvalue weighted by Crippen LogP contribution is -2.50. The van der Waals surface area contributed by atoms with Gasteiger partial charge in [-0.15, -0.1) is 0 Å². The fraction of sp³-hybridized carbons (Fsp3) is 0.182. The lowest BCUT2D eigenvalue weighted by Gasteiger charge is -2.18. The standard InChI is InChI=1S/C22H21N3O6/c1-14(30-18-12-11-16-7-3-4-8-17(16)13-18)21(26)23-24-22(27)15(2)31-20-10-6-5-9-19(20)25(28)29/h3-15H,1-2H3,(H,23,26)(H,24,27). The van der Waals surface area contributed by atoms with Crippen molar-refractivity contribution in [3.05, 3.63) is 76.8 Å². The molecule has 0 heterocycles. The highest BCUT2D eigenvalue weighted by atomic mass is 16.6. The zero-order valence-corrected chi connectivity index (χ0v) is 16.9. The molecule has 0 spiro atoms. The Hall–Kier alpha value is -4.14. The molecule has 0 aliphatic heterocycles. The van der Waals surface area contributed by atoms with Crippen molar-refractivity contribution >= 4 is 28.3 Å². The van der Waals surface area contributed by atoms with Crippen LogP contribution in [-0.2, 0) is 9.59 Å². The van der Waals surface area contributed by atoms with Gasteiger partial charge in [-0.25, -0.2) is 0 Å². The highest BCUT2D eigenvalue weighted by Gasteiger charge is 2.22. The Morgan fingerprint density at radius 1 is 0.839 bits per heavy atom. The van der Waals surface area contributed by atoms with Crippen LogP contribution in [0.4, 0.5) is 5.69 Å². The molecule has 0 aliphatic rings. The third-order valence-electron chi connectivity index (χ3n) is 4.45. The summed E-state index contributed by atoms with van der Waals surface area (Å²) in [5, 5.41) is 13.1. The summed E-state index contributed by atoms with van der Waals surface area (Å²) in [5.41, 5.74) is 4.24. The number of nitro benzene ring substituents is 1. The number of hydrazine groups is 1. The second-order valence-electron chi connectivity index (χ2n) is 6.73. The molecular weight excluding hydrogens is 402 g/mol. The van der Waals surface area contributed by atoms with Gasteiger partial charge in [0.15, 0.2) is 18.0 Å². The maximum atomic E-state index is 12.3. The van der Waals surface area contributed by atoms with Crippen molar-refractivity contribution in [2.24, 2.45) is 0 Å². The van der Waals surface area contributed by atoms with Crippen LogP contribution in [0.3, 0.4) is 0 Å². The average Bonchev–Trinajstić information content (AvgIpc) is 2.77. The number of hydrogen-bond acceptors (Lipinski definition) is 6. The number of nitrogens with one attached hydrogen (secondary N) is 2. The Kier molecular flexibility index (Phi) is 6.66. The molecule has 9 heteroatoms. The maximum Gasteiger partial charge on any atom is 0.310 e. The van der Waals surface area contributed by atoms with Crippen LogP contribution in [0, 0.1) is 10.1 Å². The van der Waals surface area contributed by atoms with Crippen LogP contribution in [0.1, 0.15) is 13.8 Å². The van der Waals surface area contributed by atoms with E-state index in [1.165, 1.54) is 25.1 Å². The average molecular weight is 423 g/mol. The molecule has 0 fully saturated rings. The van der Waals surface area contributed by atoms with Crippen LogP contribution in [-0.4, -0.2) is 28.9 Å². The Balaban J connectivity index is 1.53. The Morgan fingerprint density at radius 2 is 1.42 bits per heavy atom. The van der Waals surface area contributed by atoms with E-state index < -0.39 is 28.9 Å². The second-order valence-corrected chi connectivity index (χ2v) is 6.73. The summed E-state index contributed by atoms with van der Waals surface area (Å²) < 4.78 is 11.0. The molecule has 0 aliphatic carbocycles. The molecule has 160 valence electrons. The van der Waals surface area contributed by atoms with Crippen LogP contribution >= 0.6 is 0 Å². The number of rotatable bonds is 7. The van der Waals surface area contributed by atoms with Crippen LogP contribution in [0.2, 0.25) is 0 Å². The minimum Gasteiger partial charge on any atom is -0.481 e. The highest BCUT2D eigenvalue weighted by molar-refractivity contribution is 5.87. The van der Waals surface area contributed by atoms with E-state index in [1.807, 2.05) is 36.4 Å². The van der Waals surface area contributed by atoms with Crippen molar-refractivity contribution in [1.29, 1.82) is 0 Å². The number of carbonyl (C=O) groups excluding carboxylic acids is 2. The number of hydrogen-bond donors (Lipinski definition) is 2. The van der Waals surface area contributed by atoms with Gasteiger partial charge in [0.2, 0.25) is 0 Å². The van der Waals surface area contributed by atoms with E-state index in [0.29, 0.717) is 5.75 Å². The Labute approximate surface area is 178 Å². The van der Waals surface area contributed by atoms with E-state index in [0.717, 1.165) is 10.8 Å². The number of carbonyl (C=O) groups is 2. The Morgan fingerprint density at radius 3 is 2.10 bits per heavy atom. The van der Waals surface area contributed by atoms with Crippen LogP contribution in [0.15, 0.2) is 66.7 Å². The van der Waals surface area contributed by atoms with Crippen molar-refractivity contribution in [1.82, 2.24) is 10.9 Å². The third kappa shape index (κ3) is 5.47. The number of ether oxygens (including phenoxy) is 2. The minimum absolute atomic E-state index is 0.0468. The predicted octanol–water partition coefficient (Wildman–Crippen LogP) is 3.13. The quantitative estimate of drug-likeness (QED) is 0.445. The van der Waals surface area contributed by atoms with E-state index in [9.17, 15) is 19.7 Å². The fourth-order valence-corrected chi connectivity index (χ4v) is 2.78. The molecule has 3 aromatic carbocycles. The van der Waals surface area contributed by atoms with Gasteiger partial charge in [0, 0.05) is 6.07 Å². The first-order valence-corrected chi connectivity index (χ1v) is 9.50. The summed E-state index contributed by atoms with van der Waals surface area (Å²) in [6.45, 7) is 2.96. The van der Waals surface area contributed by atoms with Gasteiger partial charge in [-0.05, 0) is 42.8 Å². The summed E-state index contributed by atoms with van der Waals surface area (Å²) in [6.07, 6.45) is -1.97. The molecule has 0 aromatic heterocycles. The third-order valence-corrected chi connectivity index (χ3v) is 4.45. The van der Waals surface area contributed by atoms with Crippen LogP contribution < -0.4 is 20.3 Å². The van der Waals surface area contributed by atoms with Crippen molar-refractivity contribution in [3.8, 4) is 11.5 Å². The SMILES string of the molecule is CC(Oc1ccc2ccccc2c1)C(=O)NNC(=O)C(C)Oc1ccccc1[N+](=O)[O-]. The summed E-state index contributed by atoms with van der Waals surface area (Å²) in [6, 6.07) is 18.9. The molecule has 2 amide bonds. The first-order valence-electron chi connectivity index (χ1n) is 9.50. The van der Waals surface area contributed by atoms with Gasteiger partial charge in [-0.2, -0.15) is 0 Å². The zero-order valence-electron chi connectivity index (χ0n) is 16.9. The molecule has 0 saturated heterocycles. The van der Waals surface area contributed by atoms with Gasteiger partial charge < -0.3 is 9.47 Å². The van der Waals surface area contributed by atoms with E-state index in [4.69, 9.17) is 9.47 Å². The molecule has 2 unspecified atom stereocenters. The van der Waals surface area contributed by atoms with Gasteiger partial charge >= 0.3 is 5.69 Å². The molecule has 3 rings (SSSR count). The maximum absolute atomic E-state index is 12.3. The minimum atomic E-state index is -1.09. The summed E-state index contributed by atoms with van der Waals surface area (Å²) in [4.78, 5) is 34.9. The van der Waals surface area contributed by atoms with Crippen LogP contribution in [0.25, 0.3) is 10.8 Å².